The Morgan fingerprint density at radius 1 is 0.413 bits per heavy atom. The highest BCUT2D eigenvalue weighted by Gasteiger charge is 2.27. The molecule has 2 fully saturated rings. The smallest absolute Gasteiger partial charge is 0.317 e. The number of nitrogens with zero attached hydrogens (tertiary/aromatic N) is 9. The zero-order valence-corrected chi connectivity index (χ0v) is 43.5. The van der Waals surface area contributed by atoms with Gasteiger partial charge in [-0.2, -0.15) is 0 Å². The molecule has 2 saturated heterocycles. The summed E-state index contributed by atoms with van der Waals surface area (Å²) < 4.78 is 0. The van der Waals surface area contributed by atoms with E-state index in [1.165, 1.54) is 6.92 Å². The average Bonchev–Trinajstić information content (AvgIpc) is 3.31. The fourth-order valence-electron chi connectivity index (χ4n) is 8.63. The molecule has 2 rings (SSSR count). The molecule has 11 N–H and O–H groups in total. The lowest BCUT2D eigenvalue weighted by Gasteiger charge is -2.33. The number of carboxylic acid groups (broad SMARTS) is 6. The second-order valence-electron chi connectivity index (χ2n) is 18.8. The summed E-state index contributed by atoms with van der Waals surface area (Å²) in [5.41, 5.74) is 5.70. The highest BCUT2D eigenvalue weighted by molar-refractivity contribution is 5.87. The van der Waals surface area contributed by atoms with Crippen LogP contribution in [0.1, 0.15) is 39.0 Å². The van der Waals surface area contributed by atoms with Gasteiger partial charge in [0.2, 0.25) is 23.6 Å². The van der Waals surface area contributed by atoms with Gasteiger partial charge in [-0.25, -0.2) is 0 Å². The van der Waals surface area contributed by atoms with Crippen molar-refractivity contribution >= 4 is 59.4 Å². The molecule has 0 aromatic rings. The number of carbonyl (C=O) groups is 10. The Bertz CT molecular complexity index is 1670. The van der Waals surface area contributed by atoms with E-state index in [1.807, 2.05) is 0 Å². The average molecular weight is 1070 g/mol. The van der Waals surface area contributed by atoms with Gasteiger partial charge in [-0.1, -0.05) is 0 Å². The number of carbonyl (C=O) groups excluding carboxylic acids is 4. The van der Waals surface area contributed by atoms with Crippen LogP contribution in [0.5, 0.6) is 0 Å². The number of hydrogen-bond donors (Lipinski definition) is 10. The number of unbranched alkanes of at least 4 members (excludes halogenated alkanes) is 1. The summed E-state index contributed by atoms with van der Waals surface area (Å²) in [7, 11) is 0. The third-order valence-corrected chi connectivity index (χ3v) is 12.5. The molecule has 0 aromatic carbocycles. The SMILES string of the molecule is CC(=O)N[C@@H](CCCCN)C(=O)N(CCCNC(=O)CN1CCN(CC(=O)O)CCN(CC(=O)O)CCN(CC(=O)O)CC1)CCCNC(=O)CN1CCN(CC(=O)O)CCN(CC(=O)O)CCN(CC(=O)O)CC1. The molecule has 29 nitrogen and oxygen atoms in total. The van der Waals surface area contributed by atoms with Gasteiger partial charge in [0.1, 0.15) is 6.04 Å². The van der Waals surface area contributed by atoms with Gasteiger partial charge in [0.25, 0.3) is 0 Å². The highest BCUT2D eigenvalue weighted by atomic mass is 16.4. The summed E-state index contributed by atoms with van der Waals surface area (Å²) in [5.74, 6) is -7.94. The van der Waals surface area contributed by atoms with Crippen LogP contribution in [0.4, 0.5) is 0 Å². The summed E-state index contributed by atoms with van der Waals surface area (Å²) in [5, 5.41) is 65.6. The summed E-state index contributed by atoms with van der Waals surface area (Å²) in [4.78, 5) is 138. The topological polar surface area (TPSA) is 383 Å². The van der Waals surface area contributed by atoms with Gasteiger partial charge in [-0.3, -0.25) is 87.1 Å². The second-order valence-corrected chi connectivity index (χ2v) is 18.8. The van der Waals surface area contributed by atoms with Crippen molar-refractivity contribution in [3.63, 3.8) is 0 Å². The Morgan fingerprint density at radius 2 is 0.667 bits per heavy atom. The van der Waals surface area contributed by atoms with E-state index in [2.05, 4.69) is 16.0 Å². The number of amides is 4. The van der Waals surface area contributed by atoms with Gasteiger partial charge in [0.15, 0.2) is 0 Å². The molecular weight excluding hydrogens is 991 g/mol. The minimum atomic E-state index is -1.07. The Kier molecular flexibility index (Phi) is 32.4. The van der Waals surface area contributed by atoms with Gasteiger partial charge < -0.3 is 57.2 Å². The number of nitrogens with one attached hydrogen (secondary N) is 3. The van der Waals surface area contributed by atoms with Crippen LogP contribution in [0, 0.1) is 0 Å². The normalized spacial score (nSPS) is 17.9. The minimum absolute atomic E-state index is 0.104. The zero-order valence-electron chi connectivity index (χ0n) is 43.5. The molecule has 0 saturated carbocycles. The van der Waals surface area contributed by atoms with E-state index in [9.17, 15) is 78.6 Å². The van der Waals surface area contributed by atoms with E-state index in [1.54, 1.807) is 44.1 Å². The van der Waals surface area contributed by atoms with Crippen LogP contribution < -0.4 is 21.7 Å². The molecule has 0 spiro atoms. The van der Waals surface area contributed by atoms with Crippen LogP contribution in [-0.2, 0) is 47.9 Å². The highest BCUT2D eigenvalue weighted by Crippen LogP contribution is 2.09. The van der Waals surface area contributed by atoms with E-state index >= 15 is 0 Å². The molecular formula is C46H83N13O16. The molecule has 1 atom stereocenters. The lowest BCUT2D eigenvalue weighted by Crippen LogP contribution is -2.50. The Labute approximate surface area is 437 Å². The Hall–Kier alpha value is -5.66. The summed E-state index contributed by atoms with van der Waals surface area (Å²) in [6.45, 7) is 3.99. The van der Waals surface area contributed by atoms with Crippen LogP contribution in [0.15, 0.2) is 0 Å². The van der Waals surface area contributed by atoms with E-state index in [0.29, 0.717) is 38.6 Å². The van der Waals surface area contributed by atoms with E-state index < -0.39 is 47.8 Å². The Morgan fingerprint density at radius 3 is 0.893 bits per heavy atom. The first-order valence-electron chi connectivity index (χ1n) is 25.5. The quantitative estimate of drug-likeness (QED) is 0.0300. The molecule has 2 heterocycles. The van der Waals surface area contributed by atoms with Crippen LogP contribution in [-0.4, -0.2) is 330 Å². The van der Waals surface area contributed by atoms with Crippen LogP contribution in [0.3, 0.4) is 0 Å². The Balaban J connectivity index is 2.14. The summed E-state index contributed by atoms with van der Waals surface area (Å²) >= 11 is 0. The standard InChI is InChI=1S/C46H83N13O16/c1-36(60)50-37(6-2-3-7-47)46(75)59(10-4-8-48-38(61)28-51-12-16-53(30-40(63)64)20-24-57(34-44(71)72)25-21-54(17-13-51)31-41(65)66)11-5-9-49-39(62)29-52-14-18-55(32-42(67)68)22-26-58(35-45(73)74)27-23-56(19-15-52)33-43(69)70/h37H,2-35,47H2,1H3,(H,48,61)(H,49,62)(H,50,60)(H,63,64)(H,65,66)(H,67,68)(H,69,70)(H,71,72)(H,73,74)/t37-/m0/s1. The van der Waals surface area contributed by atoms with E-state index in [4.69, 9.17) is 5.73 Å². The number of nitrogens with two attached hydrogens (primary N) is 1. The molecule has 428 valence electrons. The fourth-order valence-corrected chi connectivity index (χ4v) is 8.63. The molecule has 0 aromatic heterocycles. The van der Waals surface area contributed by atoms with Gasteiger partial charge in [-0.15, -0.1) is 0 Å². The molecule has 0 unspecified atom stereocenters. The zero-order chi connectivity index (χ0) is 55.7. The van der Waals surface area contributed by atoms with Crippen LogP contribution in [0.25, 0.3) is 0 Å². The lowest BCUT2D eigenvalue weighted by atomic mass is 10.1. The van der Waals surface area contributed by atoms with E-state index in [0.717, 1.165) is 0 Å². The maximum absolute atomic E-state index is 14.0. The van der Waals surface area contributed by atoms with Crippen LogP contribution >= 0.6 is 0 Å². The fraction of sp³-hybridized carbons (Fsp3) is 0.783. The van der Waals surface area contributed by atoms with Crippen molar-refractivity contribution in [3.8, 4) is 0 Å². The maximum atomic E-state index is 14.0. The molecule has 0 aliphatic carbocycles. The molecule has 4 amide bonds. The van der Waals surface area contributed by atoms with Crippen molar-refractivity contribution in [2.75, 3.05) is 190 Å². The number of hydrogen-bond acceptors (Lipinski definition) is 19. The van der Waals surface area contributed by atoms with Gasteiger partial charge in [-0.05, 0) is 38.6 Å². The second kappa shape index (κ2) is 37.1. The third-order valence-electron chi connectivity index (χ3n) is 12.5. The first-order valence-corrected chi connectivity index (χ1v) is 25.5. The monoisotopic (exact) mass is 1070 g/mol. The largest absolute Gasteiger partial charge is 0.480 e. The molecule has 29 heteroatoms. The first-order chi connectivity index (χ1) is 35.6. The maximum Gasteiger partial charge on any atom is 0.317 e. The van der Waals surface area contributed by atoms with Gasteiger partial charge >= 0.3 is 35.8 Å². The van der Waals surface area contributed by atoms with Crippen LogP contribution in [0.2, 0.25) is 0 Å². The van der Waals surface area contributed by atoms with Crippen molar-refractivity contribution in [2.45, 2.75) is 45.1 Å². The predicted molar refractivity (Wildman–Crippen MR) is 270 cm³/mol. The third kappa shape index (κ3) is 31.7. The van der Waals surface area contributed by atoms with Crippen molar-refractivity contribution in [3.05, 3.63) is 0 Å². The van der Waals surface area contributed by atoms with Crippen molar-refractivity contribution in [1.82, 2.24) is 60.0 Å². The first kappa shape index (κ1) is 65.5. The number of rotatable bonds is 30. The number of aliphatic carboxylic acids is 6. The summed E-state index contributed by atoms with van der Waals surface area (Å²) in [6.07, 6.45) is 2.12. The lowest BCUT2D eigenvalue weighted by molar-refractivity contribution is -0.140. The van der Waals surface area contributed by atoms with E-state index in [-0.39, 0.29) is 201 Å². The van der Waals surface area contributed by atoms with Crippen molar-refractivity contribution in [2.24, 2.45) is 5.73 Å². The van der Waals surface area contributed by atoms with Gasteiger partial charge in [0.05, 0.1) is 52.4 Å². The number of carboxylic acids is 6. The summed E-state index contributed by atoms with van der Waals surface area (Å²) in [6, 6.07) is -0.857. The molecule has 2 aliphatic rings. The molecule has 75 heavy (non-hydrogen) atoms. The minimum Gasteiger partial charge on any atom is -0.480 e. The predicted octanol–water partition coefficient (Wildman–Crippen LogP) is -5.59. The molecule has 2 aliphatic heterocycles. The molecule has 0 bridgehead atoms. The molecule has 0 radical (unpaired) electrons. The van der Waals surface area contributed by atoms with Gasteiger partial charge in [0, 0.05) is 138 Å². The van der Waals surface area contributed by atoms with Crippen molar-refractivity contribution in [1.29, 1.82) is 0 Å². The van der Waals surface area contributed by atoms with Crippen molar-refractivity contribution < 1.29 is 78.6 Å².